The molecule has 1 fully saturated rings. The third kappa shape index (κ3) is 1.79. The fraction of sp³-hybridized carbons (Fsp3) is 0.364. The average molecular weight is 205 g/mol. The third-order valence-corrected chi connectivity index (χ3v) is 2.68. The van der Waals surface area contributed by atoms with Crippen LogP contribution in [-0.2, 0) is 9.59 Å². The number of amides is 2. The SMILES string of the molecule is NC(=O)C1CCC(=O)N1C1=CC[CH]C=C1. The molecule has 1 saturated heterocycles. The second kappa shape index (κ2) is 3.88. The zero-order valence-corrected chi connectivity index (χ0v) is 8.35. The lowest BCUT2D eigenvalue weighted by atomic mass is 10.1. The maximum Gasteiger partial charge on any atom is 0.240 e. The second-order valence-corrected chi connectivity index (χ2v) is 3.68. The highest BCUT2D eigenvalue weighted by Crippen LogP contribution is 2.26. The summed E-state index contributed by atoms with van der Waals surface area (Å²) in [4.78, 5) is 24.3. The zero-order chi connectivity index (χ0) is 10.8. The normalized spacial score (nSPS) is 25.6. The number of allylic oxidation sites excluding steroid dienone is 3. The minimum absolute atomic E-state index is 0.0170. The Balaban J connectivity index is 2.24. The van der Waals surface area contributed by atoms with Gasteiger partial charge in [0.25, 0.3) is 0 Å². The van der Waals surface area contributed by atoms with Crippen molar-refractivity contribution < 1.29 is 9.59 Å². The first-order chi connectivity index (χ1) is 7.20. The summed E-state index contributed by atoms with van der Waals surface area (Å²) in [5.41, 5.74) is 6.06. The van der Waals surface area contributed by atoms with Gasteiger partial charge in [-0.05, 0) is 25.3 Å². The van der Waals surface area contributed by atoms with Gasteiger partial charge in [0.05, 0.1) is 0 Å². The van der Waals surface area contributed by atoms with Gasteiger partial charge in [0.2, 0.25) is 11.8 Å². The Morgan fingerprint density at radius 3 is 2.93 bits per heavy atom. The maximum atomic E-state index is 11.6. The predicted molar refractivity (Wildman–Crippen MR) is 55.2 cm³/mol. The summed E-state index contributed by atoms with van der Waals surface area (Å²) in [6.45, 7) is 0. The fourth-order valence-corrected chi connectivity index (χ4v) is 1.96. The summed E-state index contributed by atoms with van der Waals surface area (Å²) in [6.07, 6.45) is 9.37. The number of primary amides is 1. The molecule has 0 saturated carbocycles. The van der Waals surface area contributed by atoms with Gasteiger partial charge in [-0.2, -0.15) is 0 Å². The van der Waals surface area contributed by atoms with Crippen molar-refractivity contribution in [3.05, 3.63) is 30.3 Å². The molecule has 4 heteroatoms. The summed E-state index contributed by atoms with van der Waals surface area (Å²) in [5, 5.41) is 0. The highest BCUT2D eigenvalue weighted by Gasteiger charge is 2.36. The van der Waals surface area contributed by atoms with Crippen LogP contribution in [0, 0.1) is 6.42 Å². The lowest BCUT2D eigenvalue weighted by molar-refractivity contribution is -0.131. The first-order valence-corrected chi connectivity index (χ1v) is 5.01. The number of hydrogen-bond donors (Lipinski definition) is 1. The van der Waals surface area contributed by atoms with Crippen molar-refractivity contribution in [3.63, 3.8) is 0 Å². The Morgan fingerprint density at radius 2 is 2.33 bits per heavy atom. The molecule has 0 aromatic carbocycles. The Bertz CT molecular complexity index is 358. The molecule has 4 nitrogen and oxygen atoms in total. The molecule has 1 radical (unpaired) electrons. The van der Waals surface area contributed by atoms with Crippen LogP contribution < -0.4 is 5.73 Å². The second-order valence-electron chi connectivity index (χ2n) is 3.68. The molecule has 2 aliphatic rings. The van der Waals surface area contributed by atoms with E-state index in [2.05, 4.69) is 0 Å². The lowest BCUT2D eigenvalue weighted by Gasteiger charge is -2.24. The van der Waals surface area contributed by atoms with Crippen molar-refractivity contribution in [3.8, 4) is 0 Å². The molecule has 79 valence electrons. The summed E-state index contributed by atoms with van der Waals surface area (Å²) >= 11 is 0. The predicted octanol–water partition coefficient (Wildman–Crippen LogP) is 0.511. The van der Waals surface area contributed by atoms with Crippen molar-refractivity contribution in [2.75, 3.05) is 0 Å². The van der Waals surface area contributed by atoms with Crippen LogP contribution in [0.4, 0.5) is 0 Å². The minimum Gasteiger partial charge on any atom is -0.368 e. The molecule has 2 rings (SSSR count). The van der Waals surface area contributed by atoms with Gasteiger partial charge in [-0.1, -0.05) is 12.2 Å². The molecular formula is C11H13N2O2. The van der Waals surface area contributed by atoms with E-state index >= 15 is 0 Å². The van der Waals surface area contributed by atoms with Crippen molar-refractivity contribution in [1.29, 1.82) is 0 Å². The molecule has 1 atom stereocenters. The van der Waals surface area contributed by atoms with Crippen molar-refractivity contribution in [2.24, 2.45) is 5.73 Å². The summed E-state index contributed by atoms with van der Waals surface area (Å²) in [7, 11) is 0. The van der Waals surface area contributed by atoms with Gasteiger partial charge in [0, 0.05) is 12.1 Å². The van der Waals surface area contributed by atoms with E-state index in [0.29, 0.717) is 12.8 Å². The van der Waals surface area contributed by atoms with E-state index in [1.165, 1.54) is 4.90 Å². The number of likely N-dealkylation sites (tertiary alicyclic amines) is 1. The van der Waals surface area contributed by atoms with Gasteiger partial charge < -0.3 is 10.6 Å². The molecule has 0 spiro atoms. The van der Waals surface area contributed by atoms with E-state index in [0.717, 1.165) is 12.1 Å². The van der Waals surface area contributed by atoms with E-state index in [-0.39, 0.29) is 5.91 Å². The number of hydrogen-bond acceptors (Lipinski definition) is 2. The van der Waals surface area contributed by atoms with Crippen LogP contribution in [0.5, 0.6) is 0 Å². The molecule has 1 heterocycles. The van der Waals surface area contributed by atoms with E-state index in [9.17, 15) is 9.59 Å². The van der Waals surface area contributed by atoms with Crippen molar-refractivity contribution in [1.82, 2.24) is 4.90 Å². The molecule has 1 aliphatic carbocycles. The van der Waals surface area contributed by atoms with Gasteiger partial charge in [-0.15, -0.1) is 0 Å². The molecule has 0 aromatic heterocycles. The molecule has 0 aromatic rings. The van der Waals surface area contributed by atoms with Gasteiger partial charge >= 0.3 is 0 Å². The van der Waals surface area contributed by atoms with Crippen molar-refractivity contribution >= 4 is 11.8 Å². The van der Waals surface area contributed by atoms with Crippen LogP contribution in [-0.4, -0.2) is 22.8 Å². The van der Waals surface area contributed by atoms with Gasteiger partial charge in [-0.3, -0.25) is 9.59 Å². The fourth-order valence-electron chi connectivity index (χ4n) is 1.96. The molecule has 2 amide bonds. The lowest BCUT2D eigenvalue weighted by Crippen LogP contribution is -2.41. The summed E-state index contributed by atoms with van der Waals surface area (Å²) < 4.78 is 0. The van der Waals surface area contributed by atoms with Crippen molar-refractivity contribution in [2.45, 2.75) is 25.3 Å². The largest absolute Gasteiger partial charge is 0.368 e. The minimum atomic E-state index is -0.466. The van der Waals surface area contributed by atoms with Crippen LogP contribution in [0.15, 0.2) is 23.9 Å². The summed E-state index contributed by atoms with van der Waals surface area (Å²) in [5.74, 6) is -0.443. The third-order valence-electron chi connectivity index (χ3n) is 2.68. The highest BCUT2D eigenvalue weighted by atomic mass is 16.2. The van der Waals surface area contributed by atoms with E-state index in [1.807, 2.05) is 24.6 Å². The van der Waals surface area contributed by atoms with E-state index in [1.54, 1.807) is 0 Å². The molecule has 15 heavy (non-hydrogen) atoms. The smallest absolute Gasteiger partial charge is 0.240 e. The Labute approximate surface area is 88.4 Å². The van der Waals surface area contributed by atoms with E-state index < -0.39 is 11.9 Å². The number of rotatable bonds is 2. The maximum absolute atomic E-state index is 11.6. The Morgan fingerprint density at radius 1 is 1.53 bits per heavy atom. The monoisotopic (exact) mass is 205 g/mol. The first-order valence-electron chi connectivity index (χ1n) is 5.01. The van der Waals surface area contributed by atoms with Gasteiger partial charge in [-0.25, -0.2) is 0 Å². The number of carbonyl (C=O) groups excluding carboxylic acids is 2. The van der Waals surface area contributed by atoms with Crippen LogP contribution in [0.1, 0.15) is 19.3 Å². The van der Waals surface area contributed by atoms with Crippen LogP contribution in [0.25, 0.3) is 0 Å². The van der Waals surface area contributed by atoms with E-state index in [4.69, 9.17) is 5.73 Å². The molecule has 0 bridgehead atoms. The molecule has 1 aliphatic heterocycles. The number of carbonyl (C=O) groups is 2. The average Bonchev–Trinajstić information content (AvgIpc) is 2.61. The number of nitrogens with two attached hydrogens (primary N) is 1. The van der Waals surface area contributed by atoms with Gasteiger partial charge in [0.1, 0.15) is 6.04 Å². The Kier molecular flexibility index (Phi) is 2.58. The topological polar surface area (TPSA) is 63.4 Å². The highest BCUT2D eigenvalue weighted by molar-refractivity contribution is 5.91. The molecular weight excluding hydrogens is 192 g/mol. The summed E-state index contributed by atoms with van der Waals surface area (Å²) in [6, 6.07) is -0.466. The van der Waals surface area contributed by atoms with Gasteiger partial charge in [0.15, 0.2) is 0 Å². The molecule has 2 N–H and O–H groups in total. The van der Waals surface area contributed by atoms with Crippen LogP contribution >= 0.6 is 0 Å². The van der Waals surface area contributed by atoms with Crippen LogP contribution in [0.3, 0.4) is 0 Å². The Hall–Kier alpha value is -1.58. The zero-order valence-electron chi connectivity index (χ0n) is 8.35. The van der Waals surface area contributed by atoms with Crippen LogP contribution in [0.2, 0.25) is 0 Å². The molecule has 1 unspecified atom stereocenters. The number of nitrogens with zero attached hydrogens (tertiary/aromatic N) is 1. The standard InChI is InChI=1S/C11H13N2O2/c12-11(15)9-6-7-10(14)13(9)8-4-2-1-3-5-8/h1-2,4-5,9H,3,6-7H2,(H2,12,15). The quantitative estimate of drug-likeness (QED) is 0.714. The first kappa shape index (κ1) is 9.96.